The number of likely N-dealkylation sites (tertiary alicyclic amines) is 1. The van der Waals surface area contributed by atoms with E-state index in [2.05, 4.69) is 64.4 Å². The fraction of sp³-hybridized carbons (Fsp3) is 0.571. The van der Waals surface area contributed by atoms with Gasteiger partial charge >= 0.3 is 0 Å². The van der Waals surface area contributed by atoms with Crippen molar-refractivity contribution in [3.8, 4) is 0 Å². The average Bonchev–Trinajstić information content (AvgIpc) is 2.38. The van der Waals surface area contributed by atoms with E-state index in [1.54, 1.807) is 0 Å². The second-order valence-electron chi connectivity index (χ2n) is 4.83. The van der Waals surface area contributed by atoms with Gasteiger partial charge in [-0.25, -0.2) is 0 Å². The van der Waals surface area contributed by atoms with Crippen LogP contribution in [-0.2, 0) is 0 Å². The van der Waals surface area contributed by atoms with Crippen LogP contribution in [0, 0.1) is 0 Å². The molecular weight excluding hydrogens is 276 g/mol. The van der Waals surface area contributed by atoms with Crippen molar-refractivity contribution in [1.29, 1.82) is 0 Å². The van der Waals surface area contributed by atoms with Crippen LogP contribution in [0.15, 0.2) is 28.7 Å². The fourth-order valence-corrected chi connectivity index (χ4v) is 2.97. The lowest BCUT2D eigenvalue weighted by Gasteiger charge is -2.36. The van der Waals surface area contributed by atoms with E-state index in [0.29, 0.717) is 12.1 Å². The van der Waals surface area contributed by atoms with Crippen molar-refractivity contribution < 1.29 is 0 Å². The van der Waals surface area contributed by atoms with Gasteiger partial charge < -0.3 is 5.32 Å². The van der Waals surface area contributed by atoms with Gasteiger partial charge in [0, 0.05) is 29.6 Å². The van der Waals surface area contributed by atoms with Crippen LogP contribution in [0.2, 0.25) is 0 Å². The van der Waals surface area contributed by atoms with Gasteiger partial charge in [-0.05, 0) is 44.5 Å². The first-order valence-electron chi connectivity index (χ1n) is 6.37. The monoisotopic (exact) mass is 296 g/mol. The number of nitrogens with one attached hydrogen (secondary N) is 1. The molecule has 3 heteroatoms. The third kappa shape index (κ3) is 3.30. The van der Waals surface area contributed by atoms with Crippen molar-refractivity contribution in [3.05, 3.63) is 34.3 Å². The van der Waals surface area contributed by atoms with Gasteiger partial charge in [-0.1, -0.05) is 28.1 Å². The van der Waals surface area contributed by atoms with E-state index < -0.39 is 0 Å². The Balaban J connectivity index is 1.99. The van der Waals surface area contributed by atoms with Crippen LogP contribution >= 0.6 is 15.9 Å². The second kappa shape index (κ2) is 5.98. The molecule has 0 radical (unpaired) electrons. The van der Waals surface area contributed by atoms with Crippen LogP contribution in [0.4, 0.5) is 0 Å². The molecule has 0 aliphatic carbocycles. The van der Waals surface area contributed by atoms with Crippen molar-refractivity contribution in [3.63, 3.8) is 0 Å². The summed E-state index contributed by atoms with van der Waals surface area (Å²) in [4.78, 5) is 2.58. The maximum Gasteiger partial charge on any atom is 0.0320 e. The fourth-order valence-electron chi connectivity index (χ4n) is 2.55. The summed E-state index contributed by atoms with van der Waals surface area (Å²) in [6, 6.07) is 9.89. The summed E-state index contributed by atoms with van der Waals surface area (Å²) in [5.74, 6) is 0. The van der Waals surface area contributed by atoms with E-state index in [-0.39, 0.29) is 0 Å². The standard InChI is InChI=1S/C14H21BrN2/c1-11(12-4-3-5-13(15)10-12)17-8-6-14(16-2)7-9-17/h3-5,10-11,14,16H,6-9H2,1-2H3. The van der Waals surface area contributed by atoms with Crippen molar-refractivity contribution in [2.24, 2.45) is 0 Å². The summed E-state index contributed by atoms with van der Waals surface area (Å²) in [6.07, 6.45) is 2.52. The van der Waals surface area contributed by atoms with Crippen molar-refractivity contribution >= 4 is 15.9 Å². The van der Waals surface area contributed by atoms with E-state index in [1.807, 2.05) is 0 Å². The topological polar surface area (TPSA) is 15.3 Å². The highest BCUT2D eigenvalue weighted by molar-refractivity contribution is 9.10. The molecule has 0 saturated carbocycles. The Morgan fingerprint density at radius 3 is 2.65 bits per heavy atom. The maximum atomic E-state index is 3.55. The van der Waals surface area contributed by atoms with Crippen molar-refractivity contribution in [2.75, 3.05) is 20.1 Å². The Morgan fingerprint density at radius 2 is 2.06 bits per heavy atom. The molecule has 1 aromatic rings. The Kier molecular flexibility index (Phi) is 4.60. The first-order valence-corrected chi connectivity index (χ1v) is 7.17. The van der Waals surface area contributed by atoms with E-state index in [4.69, 9.17) is 0 Å². The summed E-state index contributed by atoms with van der Waals surface area (Å²) in [7, 11) is 2.07. The molecule has 1 fully saturated rings. The van der Waals surface area contributed by atoms with Crippen molar-refractivity contribution in [1.82, 2.24) is 10.2 Å². The SMILES string of the molecule is CNC1CCN(C(C)c2cccc(Br)c2)CC1. The van der Waals surface area contributed by atoms with Crippen LogP contribution in [-0.4, -0.2) is 31.1 Å². The van der Waals surface area contributed by atoms with E-state index in [0.717, 1.165) is 0 Å². The largest absolute Gasteiger partial charge is 0.317 e. The minimum Gasteiger partial charge on any atom is -0.317 e. The molecule has 1 aliphatic rings. The smallest absolute Gasteiger partial charge is 0.0320 e. The van der Waals surface area contributed by atoms with Crippen LogP contribution < -0.4 is 5.32 Å². The number of nitrogens with zero attached hydrogens (tertiary/aromatic N) is 1. The first kappa shape index (κ1) is 13.1. The molecule has 2 nitrogen and oxygen atoms in total. The molecule has 1 unspecified atom stereocenters. The highest BCUT2D eigenvalue weighted by Crippen LogP contribution is 2.25. The van der Waals surface area contributed by atoms with Gasteiger partial charge in [-0.2, -0.15) is 0 Å². The second-order valence-corrected chi connectivity index (χ2v) is 5.75. The van der Waals surface area contributed by atoms with E-state index in [1.165, 1.54) is 36.0 Å². The molecule has 0 aromatic heterocycles. The maximum absolute atomic E-state index is 3.55. The van der Waals surface area contributed by atoms with E-state index in [9.17, 15) is 0 Å². The number of rotatable bonds is 3. The molecule has 1 N–H and O–H groups in total. The molecule has 1 heterocycles. The van der Waals surface area contributed by atoms with Gasteiger partial charge in [-0.3, -0.25) is 4.90 Å². The predicted molar refractivity (Wildman–Crippen MR) is 76.2 cm³/mol. The predicted octanol–water partition coefficient (Wildman–Crippen LogP) is 3.19. The molecule has 1 aliphatic heterocycles. The zero-order valence-corrected chi connectivity index (χ0v) is 12.2. The van der Waals surface area contributed by atoms with Gasteiger partial charge in [0.1, 0.15) is 0 Å². The molecule has 1 atom stereocenters. The normalized spacial score (nSPS) is 20.4. The highest BCUT2D eigenvalue weighted by Gasteiger charge is 2.22. The Morgan fingerprint density at radius 1 is 1.35 bits per heavy atom. The van der Waals surface area contributed by atoms with Crippen LogP contribution in [0.5, 0.6) is 0 Å². The molecule has 1 saturated heterocycles. The summed E-state index contributed by atoms with van der Waals surface area (Å²) in [5, 5.41) is 3.38. The third-order valence-electron chi connectivity index (χ3n) is 3.82. The Hall–Kier alpha value is -0.380. The van der Waals surface area contributed by atoms with Crippen LogP contribution in [0.25, 0.3) is 0 Å². The molecule has 0 amide bonds. The van der Waals surface area contributed by atoms with E-state index >= 15 is 0 Å². The molecule has 2 rings (SSSR count). The lowest BCUT2D eigenvalue weighted by molar-refractivity contribution is 0.155. The van der Waals surface area contributed by atoms with Gasteiger partial charge in [0.05, 0.1) is 0 Å². The number of piperidine rings is 1. The number of halogens is 1. The lowest BCUT2D eigenvalue weighted by Crippen LogP contribution is -2.42. The minimum absolute atomic E-state index is 0.519. The summed E-state index contributed by atoms with van der Waals surface area (Å²) in [5.41, 5.74) is 1.40. The number of benzene rings is 1. The Bertz CT molecular complexity index is 359. The zero-order valence-electron chi connectivity index (χ0n) is 10.6. The number of hydrogen-bond donors (Lipinski definition) is 1. The van der Waals surface area contributed by atoms with Crippen LogP contribution in [0.3, 0.4) is 0 Å². The highest BCUT2D eigenvalue weighted by atomic mass is 79.9. The summed E-state index contributed by atoms with van der Waals surface area (Å²) >= 11 is 3.55. The molecule has 17 heavy (non-hydrogen) atoms. The average molecular weight is 297 g/mol. The zero-order chi connectivity index (χ0) is 12.3. The first-order chi connectivity index (χ1) is 8.20. The minimum atomic E-state index is 0.519. The summed E-state index contributed by atoms with van der Waals surface area (Å²) in [6.45, 7) is 4.69. The third-order valence-corrected chi connectivity index (χ3v) is 4.31. The number of hydrogen-bond acceptors (Lipinski definition) is 2. The van der Waals surface area contributed by atoms with Gasteiger partial charge in [0.15, 0.2) is 0 Å². The van der Waals surface area contributed by atoms with Crippen LogP contribution in [0.1, 0.15) is 31.4 Å². The molecule has 0 spiro atoms. The molecule has 94 valence electrons. The summed E-state index contributed by atoms with van der Waals surface area (Å²) < 4.78 is 1.17. The molecule has 1 aromatic carbocycles. The molecule has 0 bridgehead atoms. The lowest BCUT2D eigenvalue weighted by atomic mass is 10.0. The molecular formula is C14H21BrN2. The van der Waals surface area contributed by atoms with Gasteiger partial charge in [-0.15, -0.1) is 0 Å². The van der Waals surface area contributed by atoms with Crippen molar-refractivity contribution in [2.45, 2.75) is 31.8 Å². The quantitative estimate of drug-likeness (QED) is 0.921. The van der Waals surface area contributed by atoms with Gasteiger partial charge in [0.2, 0.25) is 0 Å². The Labute approximate surface area is 113 Å². The van der Waals surface area contributed by atoms with Gasteiger partial charge in [0.25, 0.3) is 0 Å².